The van der Waals surface area contributed by atoms with E-state index in [2.05, 4.69) is 77.5 Å². The Morgan fingerprint density at radius 2 is 1.84 bits per heavy atom. The van der Waals surface area contributed by atoms with Gasteiger partial charge in [-0.25, -0.2) is 14.8 Å². The van der Waals surface area contributed by atoms with Crippen LogP contribution in [-0.4, -0.2) is 75.9 Å². The van der Waals surface area contributed by atoms with Gasteiger partial charge in [0.05, 0.1) is 45.4 Å². The number of aromatic nitrogens is 5. The first-order valence-corrected chi connectivity index (χ1v) is 21.4. The maximum Gasteiger partial charge on any atom is 0.410 e. The molecule has 5 rings (SSSR count). The number of likely N-dealkylation sites (N-methyl/N-ethyl adjacent to an activating group) is 1. The van der Waals surface area contributed by atoms with Crippen LogP contribution in [-0.2, 0) is 29.3 Å². The molecule has 0 aliphatic carbocycles. The molecule has 4 aromatic rings. The van der Waals surface area contributed by atoms with Crippen molar-refractivity contribution in [2.75, 3.05) is 25.1 Å². The van der Waals surface area contributed by atoms with Gasteiger partial charge in [0.15, 0.2) is 14.1 Å². The van der Waals surface area contributed by atoms with Gasteiger partial charge >= 0.3 is 6.09 Å². The van der Waals surface area contributed by atoms with E-state index in [0.29, 0.717) is 41.8 Å². The van der Waals surface area contributed by atoms with Crippen molar-refractivity contribution in [1.82, 2.24) is 29.6 Å². The molecule has 0 bridgehead atoms. The summed E-state index contributed by atoms with van der Waals surface area (Å²) in [6.45, 7) is 20.4. The number of fused-ring (bicyclic) bond motifs is 1. The molecule has 0 spiro atoms. The molecule has 4 heterocycles. The summed E-state index contributed by atoms with van der Waals surface area (Å²) < 4.78 is 21.7. The van der Waals surface area contributed by atoms with Crippen molar-refractivity contribution in [2.45, 2.75) is 91.4 Å². The van der Waals surface area contributed by atoms with Gasteiger partial charge in [-0.1, -0.05) is 38.4 Å². The van der Waals surface area contributed by atoms with Gasteiger partial charge in [-0.05, 0) is 98.2 Å². The second-order valence-corrected chi connectivity index (χ2v) is 21.9. The number of hydrogen-bond acceptors (Lipinski definition) is 9. The first-order valence-electron chi connectivity index (χ1n) is 17.0. The van der Waals surface area contributed by atoms with Crippen molar-refractivity contribution in [1.29, 1.82) is 0 Å². The van der Waals surface area contributed by atoms with Crippen LogP contribution in [0.5, 0.6) is 5.75 Å². The van der Waals surface area contributed by atoms with Gasteiger partial charge in [-0.3, -0.25) is 9.67 Å². The molecule has 1 amide bonds. The lowest BCUT2D eigenvalue weighted by molar-refractivity contribution is 0.0172. The van der Waals surface area contributed by atoms with Crippen molar-refractivity contribution in [3.05, 3.63) is 68.1 Å². The van der Waals surface area contributed by atoms with Gasteiger partial charge in [0.1, 0.15) is 29.5 Å². The molecule has 0 radical (unpaired) electrons. The Hall–Kier alpha value is -3.27. The highest BCUT2D eigenvalue weighted by Crippen LogP contribution is 2.39. The van der Waals surface area contributed by atoms with Crippen LogP contribution in [0.25, 0.3) is 22.8 Å². The summed E-state index contributed by atoms with van der Waals surface area (Å²) in [5.41, 5.74) is 4.85. The van der Waals surface area contributed by atoms with Crippen LogP contribution in [0.4, 0.5) is 10.6 Å². The molecule has 51 heavy (non-hydrogen) atoms. The summed E-state index contributed by atoms with van der Waals surface area (Å²) in [7, 11) is 1.40. The average Bonchev–Trinajstić information content (AvgIpc) is 3.61. The van der Waals surface area contributed by atoms with Crippen LogP contribution < -0.4 is 9.64 Å². The quantitative estimate of drug-likeness (QED) is 0.115. The number of carbonyl (C=O) groups excluding carboxylic acids is 1. The van der Waals surface area contributed by atoms with E-state index in [9.17, 15) is 4.79 Å². The van der Waals surface area contributed by atoms with Crippen molar-refractivity contribution in [3.63, 3.8) is 0 Å². The van der Waals surface area contributed by atoms with Gasteiger partial charge in [-0.15, -0.1) is 0 Å². The fourth-order valence-corrected chi connectivity index (χ4v) is 7.84. The minimum absolute atomic E-state index is 0.0418. The monoisotopic (exact) mass is 845 g/mol. The zero-order chi connectivity index (χ0) is 37.5. The number of rotatable bonds is 10. The van der Waals surface area contributed by atoms with Crippen molar-refractivity contribution in [2.24, 2.45) is 7.05 Å². The molecule has 0 saturated heterocycles. The highest BCUT2D eigenvalue weighted by atomic mass is 127. The number of hydrogen-bond donors (Lipinski definition) is 0. The Morgan fingerprint density at radius 1 is 1.12 bits per heavy atom. The van der Waals surface area contributed by atoms with Crippen LogP contribution in [0.2, 0.25) is 23.2 Å². The van der Waals surface area contributed by atoms with Gasteiger partial charge in [0, 0.05) is 38.0 Å². The minimum atomic E-state index is -2.23. The number of anilines is 1. The first-order chi connectivity index (χ1) is 23.7. The molecular weight excluding hydrogens is 797 g/mol. The summed E-state index contributed by atoms with van der Waals surface area (Å²) in [6.07, 6.45) is 2.83. The van der Waals surface area contributed by atoms with Crippen molar-refractivity contribution < 1.29 is 18.7 Å². The van der Waals surface area contributed by atoms with Crippen LogP contribution in [0.3, 0.4) is 0 Å². The number of carbonyl (C=O) groups is 1. The molecular formula is C37H49ClIN7O4Si. The highest BCUT2D eigenvalue weighted by Gasteiger charge is 2.40. The number of benzene rings is 1. The predicted octanol–water partition coefficient (Wildman–Crippen LogP) is 8.66. The Kier molecular flexibility index (Phi) is 11.4. The predicted molar refractivity (Wildman–Crippen MR) is 213 cm³/mol. The fourth-order valence-electron chi connectivity index (χ4n) is 5.58. The maximum absolute atomic E-state index is 12.9. The molecule has 274 valence electrons. The number of amides is 1. The van der Waals surface area contributed by atoms with E-state index < -0.39 is 26.1 Å². The smallest absolute Gasteiger partial charge is 0.410 e. The third-order valence-corrected chi connectivity index (χ3v) is 14.9. The Labute approximate surface area is 321 Å². The lowest BCUT2D eigenvalue weighted by Gasteiger charge is -2.40. The number of pyridine rings is 1. The average molecular weight is 846 g/mol. The normalized spacial score (nSPS) is 14.0. The Bertz CT molecular complexity index is 1860. The first kappa shape index (κ1) is 38.9. The van der Waals surface area contributed by atoms with Crippen molar-refractivity contribution >= 4 is 54.4 Å². The topological polar surface area (TPSA) is 108 Å². The summed E-state index contributed by atoms with van der Waals surface area (Å²) in [5, 5.41) is 4.95. The van der Waals surface area contributed by atoms with E-state index in [1.54, 1.807) is 18.0 Å². The Balaban J connectivity index is 1.49. The third kappa shape index (κ3) is 9.03. The molecule has 0 N–H and O–H groups in total. The third-order valence-electron chi connectivity index (χ3n) is 9.29. The molecule has 14 heteroatoms. The molecule has 1 aliphatic rings. The minimum Gasteiger partial charge on any atom is -0.491 e. The van der Waals surface area contributed by atoms with Gasteiger partial charge in [0.25, 0.3) is 0 Å². The van der Waals surface area contributed by atoms with Crippen molar-refractivity contribution in [3.8, 4) is 28.5 Å². The van der Waals surface area contributed by atoms with E-state index in [4.69, 9.17) is 35.5 Å². The van der Waals surface area contributed by atoms with E-state index in [1.807, 2.05) is 70.0 Å². The maximum atomic E-state index is 12.9. The SMILES string of the molecule is Cc1c(-c2c(I)cnn2C)nc(-c2cc(OC[C@@H](CN(C)C(=O)OC(C)(C)C)O[Si](C)(C)C(C)(C)C)ccc2Cl)nc1N1Cc2cccnc2C1. The molecule has 11 nitrogen and oxygen atoms in total. The molecule has 1 aliphatic heterocycles. The zero-order valence-corrected chi connectivity index (χ0v) is 35.4. The molecule has 1 aromatic carbocycles. The number of nitrogens with zero attached hydrogens (tertiary/aromatic N) is 7. The van der Waals surface area contributed by atoms with E-state index in [-0.39, 0.29) is 11.6 Å². The van der Waals surface area contributed by atoms with Crippen LogP contribution >= 0.6 is 34.2 Å². The number of halogens is 2. The van der Waals surface area contributed by atoms with Crippen LogP contribution in [0, 0.1) is 10.5 Å². The zero-order valence-electron chi connectivity index (χ0n) is 31.5. The second kappa shape index (κ2) is 15.0. The lowest BCUT2D eigenvalue weighted by Crippen LogP contribution is -2.49. The molecule has 0 saturated carbocycles. The molecule has 0 fully saturated rings. The van der Waals surface area contributed by atoms with E-state index in [0.717, 1.165) is 32.0 Å². The van der Waals surface area contributed by atoms with Crippen LogP contribution in [0.15, 0.2) is 42.7 Å². The highest BCUT2D eigenvalue weighted by molar-refractivity contribution is 14.1. The standard InChI is InChI=1S/C37H49ClIN7O4Si/c1-23-31(32-29(39)18-41-45(32)9)42-33(43-34(23)46-19-24-13-12-16-40-30(24)21-46)27-17-25(14-15-28(27)38)48-22-26(50-51(10,11)37(5,6)7)20-44(8)35(47)49-36(2,3)4/h12-18,26H,19-22H2,1-11H3/t26-/m1/s1. The van der Waals surface area contributed by atoms with Gasteiger partial charge in [-0.2, -0.15) is 5.10 Å². The number of ether oxygens (including phenoxy) is 2. The summed E-state index contributed by atoms with van der Waals surface area (Å²) >= 11 is 9.19. The lowest BCUT2D eigenvalue weighted by atomic mass is 10.1. The molecule has 0 unspecified atom stereocenters. The largest absolute Gasteiger partial charge is 0.491 e. The summed E-state index contributed by atoms with van der Waals surface area (Å²) in [5.74, 6) is 1.86. The summed E-state index contributed by atoms with van der Waals surface area (Å²) in [6, 6.07) is 9.57. The van der Waals surface area contributed by atoms with Crippen LogP contribution in [0.1, 0.15) is 58.4 Å². The van der Waals surface area contributed by atoms with E-state index >= 15 is 0 Å². The number of aryl methyl sites for hydroxylation is 1. The fraction of sp³-hybridized carbons (Fsp3) is 0.486. The second-order valence-electron chi connectivity index (χ2n) is 15.6. The van der Waals surface area contributed by atoms with Gasteiger partial charge in [0.2, 0.25) is 0 Å². The van der Waals surface area contributed by atoms with E-state index in [1.165, 1.54) is 5.56 Å². The summed E-state index contributed by atoms with van der Waals surface area (Å²) in [4.78, 5) is 31.5. The van der Waals surface area contributed by atoms with Gasteiger partial charge < -0.3 is 23.7 Å². The molecule has 3 aromatic heterocycles. The Morgan fingerprint density at radius 3 is 2.47 bits per heavy atom. The molecule has 1 atom stereocenters.